The molecule has 2 saturated heterocycles. The highest BCUT2D eigenvalue weighted by Gasteiger charge is 2.40. The van der Waals surface area contributed by atoms with E-state index in [0.717, 1.165) is 18.4 Å². The molecule has 2 atom stereocenters. The molecule has 1 unspecified atom stereocenters. The molecule has 1 aromatic carbocycles. The highest BCUT2D eigenvalue weighted by Crippen LogP contribution is 2.33. The maximum Gasteiger partial charge on any atom is 0.309 e. The van der Waals surface area contributed by atoms with Gasteiger partial charge < -0.3 is 14.7 Å². The smallest absolute Gasteiger partial charge is 0.309 e. The van der Waals surface area contributed by atoms with Gasteiger partial charge in [0.1, 0.15) is 0 Å². The Morgan fingerprint density at radius 1 is 1.25 bits per heavy atom. The molecular weight excluding hydrogens is 330 g/mol. The number of carbonyl (C=O) groups is 2. The van der Waals surface area contributed by atoms with Crippen molar-refractivity contribution in [3.8, 4) is 0 Å². The molecule has 130 valence electrons. The van der Waals surface area contributed by atoms with Crippen LogP contribution in [0, 0.1) is 18.8 Å². The lowest BCUT2D eigenvalue weighted by atomic mass is 9.84. The number of nitrogens with zero attached hydrogens (tertiary/aromatic N) is 1. The number of carboxylic acid groups (broad SMARTS) is 1. The van der Waals surface area contributed by atoms with E-state index < -0.39 is 11.9 Å². The lowest BCUT2D eigenvalue weighted by molar-refractivity contribution is -0.145. The van der Waals surface area contributed by atoms with Crippen LogP contribution in [0.3, 0.4) is 0 Å². The summed E-state index contributed by atoms with van der Waals surface area (Å²) in [5.74, 6) is -0.991. The second-order valence-electron chi connectivity index (χ2n) is 6.66. The van der Waals surface area contributed by atoms with Crippen molar-refractivity contribution in [1.82, 2.24) is 4.90 Å². The van der Waals surface area contributed by atoms with Crippen LogP contribution in [-0.4, -0.2) is 47.7 Å². The number of aliphatic carboxylic acids is 1. The molecule has 0 spiro atoms. The van der Waals surface area contributed by atoms with Crippen LogP contribution in [0.15, 0.2) is 18.2 Å². The van der Waals surface area contributed by atoms with Gasteiger partial charge in [-0.15, -0.1) is 0 Å². The van der Waals surface area contributed by atoms with E-state index in [1.807, 2.05) is 17.9 Å². The zero-order valence-electron chi connectivity index (χ0n) is 13.7. The van der Waals surface area contributed by atoms with Crippen molar-refractivity contribution in [1.29, 1.82) is 0 Å². The van der Waals surface area contributed by atoms with E-state index in [4.69, 9.17) is 16.3 Å². The predicted molar refractivity (Wildman–Crippen MR) is 90.3 cm³/mol. The van der Waals surface area contributed by atoms with Gasteiger partial charge in [0.25, 0.3) is 5.91 Å². The molecule has 1 aromatic rings. The summed E-state index contributed by atoms with van der Waals surface area (Å²) in [6.45, 7) is 3.67. The van der Waals surface area contributed by atoms with Crippen molar-refractivity contribution >= 4 is 23.5 Å². The first kappa shape index (κ1) is 17.2. The molecular formula is C18H22ClNO4. The van der Waals surface area contributed by atoms with Gasteiger partial charge in [0.05, 0.1) is 12.0 Å². The van der Waals surface area contributed by atoms with Gasteiger partial charge in [0.2, 0.25) is 0 Å². The van der Waals surface area contributed by atoms with Crippen molar-refractivity contribution in [3.05, 3.63) is 34.3 Å². The number of hydrogen-bond acceptors (Lipinski definition) is 3. The Morgan fingerprint density at radius 2 is 1.96 bits per heavy atom. The average molecular weight is 352 g/mol. The SMILES string of the molecule is Cc1ccc(C(=O)N2CCC([C@@H]3OCCC3C(=O)O)CC2)cc1Cl. The van der Waals surface area contributed by atoms with Crippen LogP contribution in [0.1, 0.15) is 35.2 Å². The lowest BCUT2D eigenvalue weighted by Gasteiger charge is -2.35. The molecule has 0 aromatic heterocycles. The van der Waals surface area contributed by atoms with Crippen LogP contribution in [0.2, 0.25) is 5.02 Å². The van der Waals surface area contributed by atoms with Gasteiger partial charge in [-0.25, -0.2) is 0 Å². The summed E-state index contributed by atoms with van der Waals surface area (Å²) in [7, 11) is 0. The normalized spacial score (nSPS) is 25.0. The molecule has 0 radical (unpaired) electrons. The number of halogens is 1. The van der Waals surface area contributed by atoms with Crippen LogP contribution in [-0.2, 0) is 9.53 Å². The highest BCUT2D eigenvalue weighted by molar-refractivity contribution is 6.31. The van der Waals surface area contributed by atoms with Crippen LogP contribution in [0.4, 0.5) is 0 Å². The number of hydrogen-bond donors (Lipinski definition) is 1. The fourth-order valence-electron chi connectivity index (χ4n) is 3.68. The molecule has 24 heavy (non-hydrogen) atoms. The minimum Gasteiger partial charge on any atom is -0.481 e. The summed E-state index contributed by atoms with van der Waals surface area (Å²) in [5, 5.41) is 9.89. The summed E-state index contributed by atoms with van der Waals surface area (Å²) in [4.78, 5) is 25.7. The first-order valence-electron chi connectivity index (χ1n) is 8.37. The van der Waals surface area contributed by atoms with E-state index in [1.54, 1.807) is 12.1 Å². The number of piperidine rings is 1. The van der Waals surface area contributed by atoms with Gasteiger partial charge in [-0.1, -0.05) is 17.7 Å². The quantitative estimate of drug-likeness (QED) is 0.909. The molecule has 2 heterocycles. The Morgan fingerprint density at radius 3 is 2.58 bits per heavy atom. The third kappa shape index (κ3) is 3.42. The molecule has 0 saturated carbocycles. The van der Waals surface area contributed by atoms with Crippen molar-refractivity contribution in [2.45, 2.75) is 32.3 Å². The molecule has 3 rings (SSSR count). The molecule has 5 nitrogen and oxygen atoms in total. The van der Waals surface area contributed by atoms with E-state index in [1.165, 1.54) is 0 Å². The fourth-order valence-corrected chi connectivity index (χ4v) is 3.86. The summed E-state index contributed by atoms with van der Waals surface area (Å²) in [6.07, 6.45) is 1.93. The van der Waals surface area contributed by atoms with Crippen molar-refractivity contribution < 1.29 is 19.4 Å². The van der Waals surface area contributed by atoms with Gasteiger partial charge in [0, 0.05) is 30.3 Å². The number of ether oxygens (including phenoxy) is 1. The zero-order chi connectivity index (χ0) is 17.3. The van der Waals surface area contributed by atoms with Gasteiger partial charge >= 0.3 is 5.97 Å². The summed E-state index contributed by atoms with van der Waals surface area (Å²) < 4.78 is 5.67. The minimum atomic E-state index is -0.773. The van der Waals surface area contributed by atoms with Gasteiger partial charge in [0.15, 0.2) is 0 Å². The van der Waals surface area contributed by atoms with Crippen molar-refractivity contribution in [3.63, 3.8) is 0 Å². The molecule has 0 bridgehead atoms. The number of likely N-dealkylation sites (tertiary alicyclic amines) is 1. The van der Waals surface area contributed by atoms with Gasteiger partial charge in [-0.2, -0.15) is 0 Å². The van der Waals surface area contributed by atoms with Crippen molar-refractivity contribution in [2.24, 2.45) is 11.8 Å². The Labute approximate surface area is 146 Å². The Hall–Kier alpha value is -1.59. The van der Waals surface area contributed by atoms with Gasteiger partial charge in [-0.05, 0) is 49.8 Å². The molecule has 1 amide bonds. The lowest BCUT2D eigenvalue weighted by Crippen LogP contribution is -2.43. The van der Waals surface area contributed by atoms with E-state index in [2.05, 4.69) is 0 Å². The average Bonchev–Trinajstić information content (AvgIpc) is 3.07. The first-order chi connectivity index (χ1) is 11.5. The van der Waals surface area contributed by atoms with Crippen LogP contribution >= 0.6 is 11.6 Å². The summed E-state index contributed by atoms with van der Waals surface area (Å²) >= 11 is 6.11. The predicted octanol–water partition coefficient (Wildman–Crippen LogP) is 2.99. The molecule has 0 aliphatic carbocycles. The maximum absolute atomic E-state index is 12.6. The number of carbonyl (C=O) groups excluding carboxylic acids is 1. The number of carboxylic acids is 1. The summed E-state index contributed by atoms with van der Waals surface area (Å²) in [6, 6.07) is 5.37. The monoisotopic (exact) mass is 351 g/mol. The van der Waals surface area contributed by atoms with Crippen LogP contribution in [0.5, 0.6) is 0 Å². The molecule has 2 fully saturated rings. The number of amides is 1. The van der Waals surface area contributed by atoms with Crippen LogP contribution < -0.4 is 0 Å². The Bertz CT molecular complexity index is 640. The standard InChI is InChI=1S/C18H22ClNO4/c1-11-2-3-13(10-15(11)19)17(21)20-7-4-12(5-8-20)16-14(18(22)23)6-9-24-16/h2-3,10,12,14,16H,4-9H2,1H3,(H,22,23)/t14?,16-/m0/s1. The van der Waals surface area contributed by atoms with Gasteiger partial charge in [-0.3, -0.25) is 9.59 Å². The second kappa shape index (κ2) is 7.11. The molecule has 6 heteroatoms. The topological polar surface area (TPSA) is 66.8 Å². The van der Waals surface area contributed by atoms with Crippen LogP contribution in [0.25, 0.3) is 0 Å². The highest BCUT2D eigenvalue weighted by atomic mass is 35.5. The third-order valence-corrected chi connectivity index (χ3v) is 5.57. The molecule has 1 N–H and O–H groups in total. The maximum atomic E-state index is 12.6. The van der Waals surface area contributed by atoms with E-state index in [-0.39, 0.29) is 17.9 Å². The fraction of sp³-hybridized carbons (Fsp3) is 0.556. The largest absolute Gasteiger partial charge is 0.481 e. The first-order valence-corrected chi connectivity index (χ1v) is 8.75. The Kier molecular flexibility index (Phi) is 5.11. The second-order valence-corrected chi connectivity index (χ2v) is 7.07. The van der Waals surface area contributed by atoms with E-state index in [0.29, 0.717) is 36.7 Å². The summed E-state index contributed by atoms with van der Waals surface area (Å²) in [5.41, 5.74) is 1.55. The van der Waals surface area contributed by atoms with E-state index >= 15 is 0 Å². The van der Waals surface area contributed by atoms with Crippen molar-refractivity contribution in [2.75, 3.05) is 19.7 Å². The third-order valence-electron chi connectivity index (χ3n) is 5.16. The number of aryl methyl sites for hydroxylation is 1. The number of rotatable bonds is 3. The molecule has 2 aliphatic heterocycles. The zero-order valence-corrected chi connectivity index (χ0v) is 14.5. The number of benzene rings is 1. The minimum absolute atomic E-state index is 0.0162. The molecule has 2 aliphatic rings. The van der Waals surface area contributed by atoms with E-state index in [9.17, 15) is 14.7 Å². The Balaban J connectivity index is 1.61.